The predicted molar refractivity (Wildman–Crippen MR) is 79.0 cm³/mol. The molecule has 0 heterocycles. The molecular weight excluding hydrogens is 276 g/mol. The van der Waals surface area contributed by atoms with Gasteiger partial charge in [0, 0.05) is 34.1 Å². The molecule has 1 fully saturated rings. The summed E-state index contributed by atoms with van der Waals surface area (Å²) in [6, 6.07) is 7.08. The summed E-state index contributed by atoms with van der Waals surface area (Å²) in [4.78, 5) is 8.57. The molecule has 6 heteroatoms. The fraction of sp³-hybridized carbons (Fsp3) is 0.533. The summed E-state index contributed by atoms with van der Waals surface area (Å²) in [5.41, 5.74) is 0.809. The molecule has 21 heavy (non-hydrogen) atoms. The first-order chi connectivity index (χ1) is 9.90. The predicted octanol–water partition coefficient (Wildman–Crippen LogP) is 2.62. The van der Waals surface area contributed by atoms with Gasteiger partial charge in [-0.15, -0.1) is 0 Å². The van der Waals surface area contributed by atoms with Gasteiger partial charge in [0.1, 0.15) is 5.75 Å². The summed E-state index contributed by atoms with van der Waals surface area (Å²) in [7, 11) is 7.74. The molecule has 0 amide bonds. The highest BCUT2D eigenvalue weighted by atomic mass is 19.3. The summed E-state index contributed by atoms with van der Waals surface area (Å²) in [5.74, 6) is 1.27. The topological polar surface area (TPSA) is 28.1 Å². The lowest BCUT2D eigenvalue weighted by atomic mass is 10.1. The average molecular weight is 297 g/mol. The highest BCUT2D eigenvalue weighted by molar-refractivity contribution is 5.79. The van der Waals surface area contributed by atoms with Gasteiger partial charge < -0.3 is 14.5 Å². The van der Waals surface area contributed by atoms with Gasteiger partial charge in [0.2, 0.25) is 0 Å². The molecule has 0 spiro atoms. The van der Waals surface area contributed by atoms with Crippen LogP contribution in [0.1, 0.15) is 17.9 Å². The highest BCUT2D eigenvalue weighted by Crippen LogP contribution is 2.47. The standard InChI is InChI=1S/C15H21F2N3O/c1-19(2)15(20(3)4)18-12-9-11(12)10-7-5-6-8-13(10)21-14(16)17/h5-8,11-12,14H,9H2,1-4H3/t11-,12+/m1/s1. The first-order valence-electron chi connectivity index (χ1n) is 6.86. The normalized spacial score (nSPS) is 20.1. The van der Waals surface area contributed by atoms with Crippen LogP contribution in [0.3, 0.4) is 0 Å². The maximum atomic E-state index is 12.4. The van der Waals surface area contributed by atoms with Gasteiger partial charge in [-0.25, -0.2) is 4.99 Å². The van der Waals surface area contributed by atoms with Crippen LogP contribution in [-0.4, -0.2) is 56.6 Å². The number of benzene rings is 1. The Kier molecular flexibility index (Phi) is 4.65. The molecule has 0 N–H and O–H groups in total. The van der Waals surface area contributed by atoms with Gasteiger partial charge in [-0.1, -0.05) is 18.2 Å². The zero-order chi connectivity index (χ0) is 15.6. The number of hydrogen-bond donors (Lipinski definition) is 0. The minimum Gasteiger partial charge on any atom is -0.435 e. The number of rotatable bonds is 4. The van der Waals surface area contributed by atoms with Gasteiger partial charge >= 0.3 is 6.61 Å². The van der Waals surface area contributed by atoms with Gasteiger partial charge in [0.15, 0.2) is 5.96 Å². The van der Waals surface area contributed by atoms with E-state index in [4.69, 9.17) is 4.99 Å². The number of hydrogen-bond acceptors (Lipinski definition) is 2. The lowest BCUT2D eigenvalue weighted by Gasteiger charge is -2.22. The Hall–Kier alpha value is -1.85. The van der Waals surface area contributed by atoms with Crippen molar-refractivity contribution in [2.75, 3.05) is 28.2 Å². The van der Waals surface area contributed by atoms with Crippen LogP contribution < -0.4 is 4.74 Å². The molecule has 0 saturated heterocycles. The number of halogens is 2. The molecule has 0 radical (unpaired) electrons. The third-order valence-electron chi connectivity index (χ3n) is 3.37. The molecule has 4 nitrogen and oxygen atoms in total. The number of ether oxygens (including phenoxy) is 1. The molecule has 0 aromatic heterocycles. The fourth-order valence-electron chi connectivity index (χ4n) is 2.43. The number of guanidine groups is 1. The molecule has 1 aromatic rings. The quantitative estimate of drug-likeness (QED) is 0.632. The molecule has 0 bridgehead atoms. The van der Waals surface area contributed by atoms with Gasteiger partial charge in [0.05, 0.1) is 6.04 Å². The summed E-state index contributed by atoms with van der Waals surface area (Å²) < 4.78 is 29.5. The zero-order valence-corrected chi connectivity index (χ0v) is 12.8. The third-order valence-corrected chi connectivity index (χ3v) is 3.37. The molecule has 1 aromatic carbocycles. The van der Waals surface area contributed by atoms with E-state index in [9.17, 15) is 8.78 Å². The zero-order valence-electron chi connectivity index (χ0n) is 12.8. The van der Waals surface area contributed by atoms with E-state index in [1.54, 1.807) is 12.1 Å². The van der Waals surface area contributed by atoms with Crippen molar-refractivity contribution < 1.29 is 13.5 Å². The van der Waals surface area contributed by atoms with Crippen LogP contribution >= 0.6 is 0 Å². The van der Waals surface area contributed by atoms with Crippen LogP contribution in [0.2, 0.25) is 0 Å². The van der Waals surface area contributed by atoms with Crippen molar-refractivity contribution in [2.24, 2.45) is 4.99 Å². The maximum Gasteiger partial charge on any atom is 0.387 e. The Balaban J connectivity index is 2.15. The Bertz CT molecular complexity index is 507. The van der Waals surface area contributed by atoms with Gasteiger partial charge in [-0.05, 0) is 18.1 Å². The van der Waals surface area contributed by atoms with Crippen molar-refractivity contribution >= 4 is 5.96 Å². The maximum absolute atomic E-state index is 12.4. The van der Waals surface area contributed by atoms with E-state index < -0.39 is 6.61 Å². The lowest BCUT2D eigenvalue weighted by molar-refractivity contribution is -0.0504. The second-order valence-electron chi connectivity index (χ2n) is 5.54. The first kappa shape index (κ1) is 15.5. The van der Waals surface area contributed by atoms with E-state index in [1.807, 2.05) is 50.1 Å². The second-order valence-corrected chi connectivity index (χ2v) is 5.54. The van der Waals surface area contributed by atoms with E-state index >= 15 is 0 Å². The summed E-state index contributed by atoms with van der Waals surface area (Å²) in [6.07, 6.45) is 0.856. The van der Waals surface area contributed by atoms with Crippen molar-refractivity contribution in [1.82, 2.24) is 9.80 Å². The molecule has 0 aliphatic heterocycles. The van der Waals surface area contributed by atoms with E-state index in [-0.39, 0.29) is 17.7 Å². The van der Waals surface area contributed by atoms with Crippen LogP contribution in [0, 0.1) is 0 Å². The van der Waals surface area contributed by atoms with Crippen molar-refractivity contribution in [3.63, 3.8) is 0 Å². The Labute approximate surface area is 124 Å². The Morgan fingerprint density at radius 2 is 1.81 bits per heavy atom. The van der Waals surface area contributed by atoms with Crippen molar-refractivity contribution in [1.29, 1.82) is 0 Å². The molecule has 1 saturated carbocycles. The van der Waals surface area contributed by atoms with Gasteiger partial charge in [-0.2, -0.15) is 8.78 Å². The fourth-order valence-corrected chi connectivity index (χ4v) is 2.43. The molecule has 0 unspecified atom stereocenters. The largest absolute Gasteiger partial charge is 0.435 e. The first-order valence-corrected chi connectivity index (χ1v) is 6.86. The highest BCUT2D eigenvalue weighted by Gasteiger charge is 2.41. The van der Waals surface area contributed by atoms with Crippen LogP contribution in [-0.2, 0) is 0 Å². The van der Waals surface area contributed by atoms with Crippen molar-refractivity contribution in [2.45, 2.75) is 25.0 Å². The molecule has 2 atom stereocenters. The smallest absolute Gasteiger partial charge is 0.387 e. The third kappa shape index (κ3) is 3.83. The van der Waals surface area contributed by atoms with E-state index in [0.717, 1.165) is 17.9 Å². The van der Waals surface area contributed by atoms with E-state index in [1.165, 1.54) is 0 Å². The minimum atomic E-state index is -2.80. The average Bonchev–Trinajstić information content (AvgIpc) is 3.14. The molecule has 2 rings (SSSR count). The van der Waals surface area contributed by atoms with E-state index in [0.29, 0.717) is 0 Å². The van der Waals surface area contributed by atoms with Crippen molar-refractivity contribution in [3.8, 4) is 5.75 Å². The summed E-state index contributed by atoms with van der Waals surface area (Å²) in [6.45, 7) is -2.80. The van der Waals surface area contributed by atoms with Crippen LogP contribution in [0.4, 0.5) is 8.78 Å². The summed E-state index contributed by atoms with van der Waals surface area (Å²) in [5, 5.41) is 0. The second kappa shape index (κ2) is 6.28. The number of alkyl halides is 2. The number of nitrogens with zero attached hydrogens (tertiary/aromatic N) is 3. The van der Waals surface area contributed by atoms with Gasteiger partial charge in [-0.3, -0.25) is 0 Å². The van der Waals surface area contributed by atoms with Crippen LogP contribution in [0.15, 0.2) is 29.3 Å². The van der Waals surface area contributed by atoms with Crippen molar-refractivity contribution in [3.05, 3.63) is 29.8 Å². The SMILES string of the molecule is CN(C)C(=N[C@H]1C[C@@H]1c1ccccc1OC(F)F)N(C)C. The lowest BCUT2D eigenvalue weighted by Crippen LogP contribution is -2.35. The monoisotopic (exact) mass is 297 g/mol. The molecular formula is C15H21F2N3O. The van der Waals surface area contributed by atoms with Gasteiger partial charge in [0.25, 0.3) is 0 Å². The van der Waals surface area contributed by atoms with Crippen LogP contribution in [0.25, 0.3) is 0 Å². The minimum absolute atomic E-state index is 0.118. The number of aliphatic imine (C=N–C) groups is 1. The van der Waals surface area contributed by atoms with Crippen LogP contribution in [0.5, 0.6) is 5.75 Å². The molecule has 1 aliphatic carbocycles. The molecule has 116 valence electrons. The Morgan fingerprint density at radius 1 is 1.19 bits per heavy atom. The van der Waals surface area contributed by atoms with E-state index in [2.05, 4.69) is 4.74 Å². The summed E-state index contributed by atoms with van der Waals surface area (Å²) >= 11 is 0. The Morgan fingerprint density at radius 3 is 2.38 bits per heavy atom. The number of para-hydroxylation sites is 1. The molecule has 1 aliphatic rings.